The van der Waals surface area contributed by atoms with Crippen LogP contribution in [0, 0.1) is 5.92 Å². The largest absolute Gasteiger partial charge is 0.494 e. The molecule has 9 heteroatoms. The number of ether oxygens (including phenoxy) is 1. The van der Waals surface area contributed by atoms with E-state index in [2.05, 4.69) is 20.2 Å². The molecule has 1 aliphatic heterocycles. The number of benzene rings is 1. The topological polar surface area (TPSA) is 91.2 Å². The fourth-order valence-corrected chi connectivity index (χ4v) is 6.08. The molecule has 2 N–H and O–H groups in total. The Hall–Kier alpha value is -2.91. The number of piperidine rings is 1. The Bertz CT molecular complexity index is 1380. The third kappa shape index (κ3) is 3.49. The molecule has 0 spiro atoms. The molecule has 2 aliphatic rings. The number of rotatable bonds is 5. The van der Waals surface area contributed by atoms with Crippen molar-refractivity contribution in [1.82, 2.24) is 24.0 Å². The van der Waals surface area contributed by atoms with Gasteiger partial charge in [-0.3, -0.25) is 4.79 Å². The van der Waals surface area contributed by atoms with Crippen LogP contribution in [0.3, 0.4) is 0 Å². The van der Waals surface area contributed by atoms with Crippen LogP contribution < -0.4 is 10.5 Å². The van der Waals surface area contributed by atoms with Gasteiger partial charge in [-0.25, -0.2) is 9.97 Å². The van der Waals surface area contributed by atoms with Crippen molar-refractivity contribution in [3.63, 3.8) is 0 Å². The quantitative estimate of drug-likeness (QED) is 0.468. The summed E-state index contributed by atoms with van der Waals surface area (Å²) in [6.45, 7) is 2.28. The molecule has 4 aromatic rings. The Morgan fingerprint density at radius 1 is 1.24 bits per heavy atom. The molecular formula is C25H30N6O2S. The highest BCUT2D eigenvalue weighted by Crippen LogP contribution is 2.37. The summed E-state index contributed by atoms with van der Waals surface area (Å²) in [4.78, 5) is 24.8. The number of aryl methyl sites for hydroxylation is 1. The number of imidazole rings is 1. The van der Waals surface area contributed by atoms with Crippen molar-refractivity contribution in [2.24, 2.45) is 18.7 Å². The average molecular weight is 479 g/mol. The zero-order valence-electron chi connectivity index (χ0n) is 19.7. The predicted molar refractivity (Wildman–Crippen MR) is 134 cm³/mol. The number of fused-ring (bicyclic) bond motifs is 2. The molecular weight excluding hydrogens is 448 g/mol. The number of carbonyl (C=O) groups is 1. The molecule has 2 fully saturated rings. The number of nitrogens with two attached hydrogens (primary N) is 1. The lowest BCUT2D eigenvalue weighted by atomic mass is 9.85. The van der Waals surface area contributed by atoms with Crippen LogP contribution in [-0.2, 0) is 13.6 Å². The fourth-order valence-electron chi connectivity index (χ4n) is 5.37. The third-order valence-corrected chi connectivity index (χ3v) is 8.20. The van der Waals surface area contributed by atoms with Crippen LogP contribution in [0.15, 0.2) is 23.7 Å². The standard InChI is InChI=1S/C25H30N6O2S/c1-29-22-18(9-16(10-20(22)33-2)25(32)30-8-4-7-17(26)13-30)28-23(29)19-11-21-24(27-14-34-21)31(19)12-15-5-3-6-15/h9-11,14-15,17H,3-8,12-13,26H2,1-2H3. The van der Waals surface area contributed by atoms with Gasteiger partial charge in [0.15, 0.2) is 11.5 Å². The second kappa shape index (κ2) is 8.39. The van der Waals surface area contributed by atoms with E-state index in [1.807, 2.05) is 29.6 Å². The van der Waals surface area contributed by atoms with Crippen LogP contribution in [0.5, 0.6) is 5.75 Å². The van der Waals surface area contributed by atoms with Gasteiger partial charge in [0.05, 0.1) is 28.5 Å². The van der Waals surface area contributed by atoms with E-state index in [0.29, 0.717) is 23.8 Å². The Morgan fingerprint density at radius 3 is 2.82 bits per heavy atom. The van der Waals surface area contributed by atoms with E-state index in [4.69, 9.17) is 15.5 Å². The molecule has 0 radical (unpaired) electrons. The summed E-state index contributed by atoms with van der Waals surface area (Å²) >= 11 is 1.66. The molecule has 8 nitrogen and oxygen atoms in total. The van der Waals surface area contributed by atoms with Crippen LogP contribution in [0.2, 0.25) is 0 Å². The molecule has 1 saturated heterocycles. The maximum atomic E-state index is 13.3. The number of amides is 1. The maximum Gasteiger partial charge on any atom is 0.254 e. The summed E-state index contributed by atoms with van der Waals surface area (Å²) in [5.41, 5.74) is 12.4. The number of methoxy groups -OCH3 is 1. The Kier molecular flexibility index (Phi) is 5.33. The first-order chi connectivity index (χ1) is 16.5. The number of aromatic nitrogens is 4. The fraction of sp³-hybridized carbons (Fsp3) is 0.480. The molecule has 1 aliphatic carbocycles. The Morgan fingerprint density at radius 2 is 2.09 bits per heavy atom. The normalized spacial score (nSPS) is 19.1. The van der Waals surface area contributed by atoms with Crippen molar-refractivity contribution in [2.45, 2.75) is 44.7 Å². The first-order valence-corrected chi connectivity index (χ1v) is 12.9. The highest BCUT2D eigenvalue weighted by Gasteiger charge is 2.27. The molecule has 1 aromatic carbocycles. The van der Waals surface area contributed by atoms with Crippen LogP contribution in [0.25, 0.3) is 32.9 Å². The zero-order chi connectivity index (χ0) is 23.4. The van der Waals surface area contributed by atoms with E-state index in [1.165, 1.54) is 24.0 Å². The predicted octanol–water partition coefficient (Wildman–Crippen LogP) is 4.02. The third-order valence-electron chi connectivity index (χ3n) is 7.43. The zero-order valence-corrected chi connectivity index (χ0v) is 20.5. The molecule has 6 rings (SSSR count). The van der Waals surface area contributed by atoms with Crippen LogP contribution >= 0.6 is 11.3 Å². The number of hydrogen-bond acceptors (Lipinski definition) is 6. The van der Waals surface area contributed by atoms with E-state index >= 15 is 0 Å². The molecule has 1 atom stereocenters. The lowest BCUT2D eigenvalue weighted by Gasteiger charge is -2.30. The summed E-state index contributed by atoms with van der Waals surface area (Å²) in [7, 11) is 3.66. The van der Waals surface area contributed by atoms with Gasteiger partial charge in [0, 0.05) is 38.3 Å². The van der Waals surface area contributed by atoms with Crippen molar-refractivity contribution in [3.05, 3.63) is 29.3 Å². The lowest BCUT2D eigenvalue weighted by molar-refractivity contribution is 0.0708. The van der Waals surface area contributed by atoms with E-state index in [1.54, 1.807) is 18.4 Å². The van der Waals surface area contributed by atoms with Gasteiger partial charge in [-0.15, -0.1) is 11.3 Å². The number of carbonyl (C=O) groups excluding carboxylic acids is 1. The van der Waals surface area contributed by atoms with Gasteiger partial charge in [-0.2, -0.15) is 0 Å². The molecule has 4 heterocycles. The van der Waals surface area contributed by atoms with E-state index in [-0.39, 0.29) is 11.9 Å². The summed E-state index contributed by atoms with van der Waals surface area (Å²) in [6.07, 6.45) is 5.74. The van der Waals surface area contributed by atoms with E-state index in [9.17, 15) is 4.79 Å². The first kappa shape index (κ1) is 21.6. The molecule has 34 heavy (non-hydrogen) atoms. The molecule has 3 aromatic heterocycles. The van der Waals surface area contributed by atoms with Gasteiger partial charge in [0.25, 0.3) is 5.91 Å². The number of likely N-dealkylation sites (tertiary alicyclic amines) is 1. The molecule has 1 saturated carbocycles. The summed E-state index contributed by atoms with van der Waals surface area (Å²) in [5.74, 6) is 2.20. The van der Waals surface area contributed by atoms with Crippen molar-refractivity contribution >= 4 is 38.6 Å². The van der Waals surface area contributed by atoms with Gasteiger partial charge < -0.3 is 24.5 Å². The summed E-state index contributed by atoms with van der Waals surface area (Å²) in [5, 5.41) is 0. The smallest absolute Gasteiger partial charge is 0.254 e. The van der Waals surface area contributed by atoms with Crippen molar-refractivity contribution in [3.8, 4) is 17.3 Å². The number of hydrogen-bond donors (Lipinski definition) is 1. The minimum atomic E-state index is -0.0133. The van der Waals surface area contributed by atoms with Crippen molar-refractivity contribution in [1.29, 1.82) is 0 Å². The highest BCUT2D eigenvalue weighted by molar-refractivity contribution is 7.16. The first-order valence-electron chi connectivity index (χ1n) is 12.1. The van der Waals surface area contributed by atoms with Gasteiger partial charge in [-0.05, 0) is 49.8 Å². The van der Waals surface area contributed by atoms with Crippen LogP contribution in [-0.4, -0.2) is 56.2 Å². The van der Waals surface area contributed by atoms with E-state index in [0.717, 1.165) is 54.1 Å². The van der Waals surface area contributed by atoms with Gasteiger partial charge in [0.1, 0.15) is 11.3 Å². The highest BCUT2D eigenvalue weighted by atomic mass is 32.1. The van der Waals surface area contributed by atoms with Gasteiger partial charge in [0.2, 0.25) is 0 Å². The second-order valence-electron chi connectivity index (χ2n) is 9.67. The minimum Gasteiger partial charge on any atom is -0.494 e. The number of nitrogens with zero attached hydrogens (tertiary/aromatic N) is 5. The van der Waals surface area contributed by atoms with Crippen LogP contribution in [0.4, 0.5) is 0 Å². The summed E-state index contributed by atoms with van der Waals surface area (Å²) < 4.78 is 11.3. The summed E-state index contributed by atoms with van der Waals surface area (Å²) in [6, 6.07) is 5.96. The van der Waals surface area contributed by atoms with Gasteiger partial charge in [-0.1, -0.05) is 6.42 Å². The lowest BCUT2D eigenvalue weighted by Crippen LogP contribution is -2.45. The average Bonchev–Trinajstić information content (AvgIpc) is 3.48. The van der Waals surface area contributed by atoms with Gasteiger partial charge >= 0.3 is 0 Å². The molecule has 1 amide bonds. The SMILES string of the molecule is COc1cc(C(=O)N2CCCC(N)C2)cc2nc(-c3cc4scnc4n3CC3CCC3)n(C)c12. The molecule has 178 valence electrons. The second-order valence-corrected chi connectivity index (χ2v) is 10.6. The Balaban J connectivity index is 1.45. The minimum absolute atomic E-state index is 0.0133. The molecule has 0 bridgehead atoms. The Labute approximate surface area is 202 Å². The molecule has 1 unspecified atom stereocenters. The monoisotopic (exact) mass is 478 g/mol. The van der Waals surface area contributed by atoms with Crippen molar-refractivity contribution in [2.75, 3.05) is 20.2 Å². The van der Waals surface area contributed by atoms with Crippen LogP contribution in [0.1, 0.15) is 42.5 Å². The van der Waals surface area contributed by atoms with E-state index < -0.39 is 0 Å². The van der Waals surface area contributed by atoms with Crippen molar-refractivity contribution < 1.29 is 9.53 Å². The maximum absolute atomic E-state index is 13.3. The number of thiazole rings is 1.